The number of fused-ring (bicyclic) bond motifs is 1. The summed E-state index contributed by atoms with van der Waals surface area (Å²) in [5.74, 6) is -2.87. The van der Waals surface area contributed by atoms with E-state index in [4.69, 9.17) is 4.74 Å². The first-order valence-electron chi connectivity index (χ1n) is 11.0. The molecule has 2 aromatic carbocycles. The van der Waals surface area contributed by atoms with E-state index < -0.39 is 18.6 Å². The summed E-state index contributed by atoms with van der Waals surface area (Å²) in [5.41, 5.74) is 0.965. The van der Waals surface area contributed by atoms with Gasteiger partial charge < -0.3 is 20.3 Å². The molecule has 0 fully saturated rings. The summed E-state index contributed by atoms with van der Waals surface area (Å²) in [7, 11) is 0. The van der Waals surface area contributed by atoms with Gasteiger partial charge in [0, 0.05) is 24.1 Å². The first-order chi connectivity index (χ1) is 15.5. The van der Waals surface area contributed by atoms with Crippen LogP contribution in [0.5, 0.6) is 5.75 Å². The number of halogens is 2. The fourth-order valence-electron chi connectivity index (χ4n) is 3.45. The zero-order valence-corrected chi connectivity index (χ0v) is 18.0. The van der Waals surface area contributed by atoms with Crippen molar-refractivity contribution in [3.8, 4) is 5.75 Å². The average molecular weight is 445 g/mol. The fraction of sp³-hybridized carbons (Fsp3) is 0.400. The number of aromatic hydroxyl groups is 1. The van der Waals surface area contributed by atoms with Crippen molar-refractivity contribution < 1.29 is 23.7 Å². The van der Waals surface area contributed by atoms with Crippen LogP contribution >= 0.6 is 0 Å². The van der Waals surface area contributed by atoms with Crippen molar-refractivity contribution in [3.05, 3.63) is 71.9 Å². The van der Waals surface area contributed by atoms with E-state index in [1.807, 2.05) is 12.1 Å². The normalized spacial score (nSPS) is 12.8. The molecule has 0 aliphatic carbocycles. The van der Waals surface area contributed by atoms with Crippen LogP contribution in [0.1, 0.15) is 43.0 Å². The monoisotopic (exact) mass is 444 g/mol. The molecule has 0 aliphatic rings. The Balaban J connectivity index is 1.25. The van der Waals surface area contributed by atoms with Gasteiger partial charge in [-0.25, -0.2) is 4.98 Å². The number of hydrogen-bond acceptors (Lipinski definition) is 5. The van der Waals surface area contributed by atoms with Crippen molar-refractivity contribution in [1.29, 1.82) is 0 Å². The number of unbranched alkanes of at least 4 members (excludes halogenated alkanes) is 3. The standard InChI is InChI=1S/C25H30F2N2O3/c26-25(27,20-10-4-3-5-11-20)18-32-16-7-2-1-6-15-28-17-23(31)21-14-13-19-9-8-12-22(30)24(19)29-21/h3-5,8-14,23,28,30-31H,1-2,6-7,15-18H2/t23-/m1/s1. The second kappa shape index (κ2) is 11.9. The Hall–Kier alpha value is -2.61. The third kappa shape index (κ3) is 6.95. The van der Waals surface area contributed by atoms with Gasteiger partial charge in [0.15, 0.2) is 0 Å². The van der Waals surface area contributed by atoms with E-state index in [2.05, 4.69) is 10.3 Å². The molecule has 1 atom stereocenters. The van der Waals surface area contributed by atoms with Gasteiger partial charge in [-0.2, -0.15) is 8.78 Å². The fourth-order valence-corrected chi connectivity index (χ4v) is 3.45. The van der Waals surface area contributed by atoms with Crippen molar-refractivity contribution in [2.45, 2.75) is 37.7 Å². The van der Waals surface area contributed by atoms with E-state index in [0.717, 1.165) is 37.6 Å². The van der Waals surface area contributed by atoms with E-state index in [1.54, 1.807) is 36.4 Å². The zero-order valence-electron chi connectivity index (χ0n) is 18.0. The predicted molar refractivity (Wildman–Crippen MR) is 121 cm³/mol. The van der Waals surface area contributed by atoms with Crippen molar-refractivity contribution in [2.75, 3.05) is 26.3 Å². The molecule has 7 heteroatoms. The quantitative estimate of drug-likeness (QED) is 0.326. The topological polar surface area (TPSA) is 74.6 Å². The molecule has 3 N–H and O–H groups in total. The Bertz CT molecular complexity index is 970. The number of aliphatic hydroxyl groups is 1. The van der Waals surface area contributed by atoms with Crippen molar-refractivity contribution in [2.24, 2.45) is 0 Å². The number of aromatic nitrogens is 1. The van der Waals surface area contributed by atoms with Gasteiger partial charge in [0.05, 0.1) is 5.69 Å². The molecule has 0 spiro atoms. The Morgan fingerprint density at radius 3 is 2.53 bits per heavy atom. The highest BCUT2D eigenvalue weighted by molar-refractivity contribution is 5.84. The molecule has 0 aliphatic heterocycles. The van der Waals surface area contributed by atoms with Crippen LogP contribution in [-0.4, -0.2) is 41.5 Å². The smallest absolute Gasteiger partial charge is 0.296 e. The van der Waals surface area contributed by atoms with Crippen molar-refractivity contribution >= 4 is 10.9 Å². The first kappa shape index (κ1) is 24.0. The number of rotatable bonds is 13. The van der Waals surface area contributed by atoms with E-state index in [9.17, 15) is 19.0 Å². The Morgan fingerprint density at radius 2 is 1.72 bits per heavy atom. The summed E-state index contributed by atoms with van der Waals surface area (Å²) >= 11 is 0. The molecule has 1 heterocycles. The third-order valence-electron chi connectivity index (χ3n) is 5.27. The second-order valence-electron chi connectivity index (χ2n) is 7.84. The molecule has 3 rings (SSSR count). The van der Waals surface area contributed by atoms with Gasteiger partial charge in [0.25, 0.3) is 5.92 Å². The number of pyridine rings is 1. The highest BCUT2D eigenvalue weighted by atomic mass is 19.3. The van der Waals surface area contributed by atoms with Crippen LogP contribution in [0, 0.1) is 0 Å². The summed E-state index contributed by atoms with van der Waals surface area (Å²) in [4.78, 5) is 4.36. The molecular formula is C25H30F2N2O3. The van der Waals surface area contributed by atoms with Crippen LogP contribution in [0.25, 0.3) is 10.9 Å². The molecule has 0 unspecified atom stereocenters. The molecule has 3 aromatic rings. The molecule has 0 saturated carbocycles. The minimum absolute atomic E-state index is 0.0241. The van der Waals surface area contributed by atoms with Gasteiger partial charge in [-0.05, 0) is 31.5 Å². The lowest BCUT2D eigenvalue weighted by Crippen LogP contribution is -2.23. The maximum atomic E-state index is 14.0. The predicted octanol–water partition coefficient (Wildman–Crippen LogP) is 4.93. The molecule has 0 radical (unpaired) electrons. The van der Waals surface area contributed by atoms with Gasteiger partial charge in [-0.1, -0.05) is 61.4 Å². The number of hydrogen-bond donors (Lipinski definition) is 3. The highest BCUT2D eigenvalue weighted by Crippen LogP contribution is 2.28. The van der Waals surface area contributed by atoms with Gasteiger partial charge in [0.1, 0.15) is 24.0 Å². The van der Waals surface area contributed by atoms with Gasteiger partial charge >= 0.3 is 0 Å². The van der Waals surface area contributed by atoms with Crippen molar-refractivity contribution in [3.63, 3.8) is 0 Å². The summed E-state index contributed by atoms with van der Waals surface area (Å²) in [6.45, 7) is 0.818. The largest absolute Gasteiger partial charge is 0.506 e. The zero-order chi connectivity index (χ0) is 22.8. The summed E-state index contributed by atoms with van der Waals surface area (Å²) in [6, 6.07) is 16.5. The maximum Gasteiger partial charge on any atom is 0.296 e. The number of nitrogens with zero attached hydrogens (tertiary/aromatic N) is 1. The molecule has 0 saturated heterocycles. The van der Waals surface area contributed by atoms with Crippen LogP contribution in [0.2, 0.25) is 0 Å². The molecule has 1 aromatic heterocycles. The summed E-state index contributed by atoms with van der Waals surface area (Å²) in [6.07, 6.45) is 2.73. The Kier molecular flexibility index (Phi) is 8.90. The van der Waals surface area contributed by atoms with Crippen LogP contribution in [0.15, 0.2) is 60.7 Å². The van der Waals surface area contributed by atoms with Crippen LogP contribution in [0.4, 0.5) is 8.78 Å². The number of phenolic OH excluding ortho intramolecular Hbond substituents is 1. The SMILES string of the molecule is Oc1cccc2ccc([C@H](O)CNCCCCCCOCC(F)(F)c3ccccc3)nc12. The second-order valence-corrected chi connectivity index (χ2v) is 7.84. The number of alkyl halides is 2. The molecule has 0 amide bonds. The average Bonchev–Trinajstić information content (AvgIpc) is 2.80. The van der Waals surface area contributed by atoms with Gasteiger partial charge in [0.2, 0.25) is 0 Å². The van der Waals surface area contributed by atoms with E-state index in [-0.39, 0.29) is 11.3 Å². The minimum Gasteiger partial charge on any atom is -0.506 e. The van der Waals surface area contributed by atoms with Crippen LogP contribution in [-0.2, 0) is 10.7 Å². The van der Waals surface area contributed by atoms with E-state index >= 15 is 0 Å². The lowest BCUT2D eigenvalue weighted by Gasteiger charge is -2.16. The van der Waals surface area contributed by atoms with Crippen molar-refractivity contribution in [1.82, 2.24) is 10.3 Å². The number of ether oxygens (including phenoxy) is 1. The molecular weight excluding hydrogens is 414 g/mol. The lowest BCUT2D eigenvalue weighted by atomic mass is 10.1. The molecule has 32 heavy (non-hydrogen) atoms. The number of benzene rings is 2. The maximum absolute atomic E-state index is 14.0. The Labute approximate surface area is 187 Å². The number of phenols is 1. The molecule has 5 nitrogen and oxygen atoms in total. The molecule has 0 bridgehead atoms. The van der Waals surface area contributed by atoms with E-state index in [0.29, 0.717) is 24.4 Å². The number of aliphatic hydroxyl groups excluding tert-OH is 1. The molecule has 172 valence electrons. The Morgan fingerprint density at radius 1 is 0.938 bits per heavy atom. The highest BCUT2D eigenvalue weighted by Gasteiger charge is 2.31. The number of para-hydroxylation sites is 1. The third-order valence-corrected chi connectivity index (χ3v) is 5.27. The summed E-state index contributed by atoms with van der Waals surface area (Å²) < 4.78 is 33.1. The van der Waals surface area contributed by atoms with Gasteiger partial charge in [-0.15, -0.1) is 0 Å². The van der Waals surface area contributed by atoms with Crippen LogP contribution in [0.3, 0.4) is 0 Å². The van der Waals surface area contributed by atoms with Gasteiger partial charge in [-0.3, -0.25) is 0 Å². The van der Waals surface area contributed by atoms with Crippen LogP contribution < -0.4 is 5.32 Å². The lowest BCUT2D eigenvalue weighted by molar-refractivity contribution is -0.0831. The minimum atomic E-state index is -2.97. The number of nitrogens with one attached hydrogen (secondary N) is 1. The van der Waals surface area contributed by atoms with E-state index in [1.165, 1.54) is 12.1 Å². The summed E-state index contributed by atoms with van der Waals surface area (Å²) in [5, 5.41) is 24.3. The first-order valence-corrected chi connectivity index (χ1v) is 11.0.